The Balaban J connectivity index is 1.60. The fourth-order valence-corrected chi connectivity index (χ4v) is 3.76. The van der Waals surface area contributed by atoms with Crippen molar-refractivity contribution in [1.82, 2.24) is 15.1 Å². The first-order valence-corrected chi connectivity index (χ1v) is 9.11. The van der Waals surface area contributed by atoms with Crippen LogP contribution in [0.4, 0.5) is 4.39 Å². The molecule has 1 aromatic carbocycles. The van der Waals surface area contributed by atoms with Gasteiger partial charge in [-0.3, -0.25) is 9.59 Å². The van der Waals surface area contributed by atoms with Crippen LogP contribution >= 0.6 is 0 Å². The van der Waals surface area contributed by atoms with Crippen LogP contribution in [0.3, 0.4) is 0 Å². The van der Waals surface area contributed by atoms with Gasteiger partial charge in [0, 0.05) is 43.7 Å². The zero-order chi connectivity index (χ0) is 17.8. The third-order valence-electron chi connectivity index (χ3n) is 5.14. The van der Waals surface area contributed by atoms with E-state index in [2.05, 4.69) is 12.2 Å². The van der Waals surface area contributed by atoms with Crippen molar-refractivity contribution in [3.05, 3.63) is 35.6 Å². The summed E-state index contributed by atoms with van der Waals surface area (Å²) in [5.41, 5.74) is 0.368. The van der Waals surface area contributed by atoms with Crippen molar-refractivity contribution in [2.45, 2.75) is 32.2 Å². The average Bonchev–Trinajstić information content (AvgIpc) is 2.86. The fraction of sp³-hybridized carbons (Fsp3) is 0.579. The van der Waals surface area contributed by atoms with Gasteiger partial charge >= 0.3 is 0 Å². The summed E-state index contributed by atoms with van der Waals surface area (Å²) >= 11 is 0. The minimum atomic E-state index is -0.405. The van der Waals surface area contributed by atoms with Crippen LogP contribution in [0.25, 0.3) is 0 Å². The molecule has 3 rings (SSSR count). The number of nitrogens with one attached hydrogen (secondary N) is 1. The van der Waals surface area contributed by atoms with Crippen molar-refractivity contribution in [2.24, 2.45) is 5.92 Å². The van der Waals surface area contributed by atoms with E-state index in [1.54, 1.807) is 17.0 Å². The standard InChI is InChI=1S/C19H26FN3O2/c1-14-12-16(6-7-21-14)19(25)23-9-3-8-22(10-11-23)18(24)15-4-2-5-17(20)13-15/h2,4-5,13-14,16,21H,3,6-12H2,1H3/t14-,16-/m0/s1. The second kappa shape index (κ2) is 7.95. The molecule has 0 bridgehead atoms. The van der Waals surface area contributed by atoms with Gasteiger partial charge in [0.05, 0.1) is 0 Å². The summed E-state index contributed by atoms with van der Waals surface area (Å²) in [5, 5.41) is 3.37. The second-order valence-corrected chi connectivity index (χ2v) is 7.06. The molecule has 2 saturated heterocycles. The van der Waals surface area contributed by atoms with Gasteiger partial charge in [0.15, 0.2) is 0 Å². The van der Waals surface area contributed by atoms with Crippen molar-refractivity contribution >= 4 is 11.8 Å². The zero-order valence-corrected chi connectivity index (χ0v) is 14.7. The largest absolute Gasteiger partial charge is 0.341 e. The molecule has 2 atom stereocenters. The maximum absolute atomic E-state index is 13.4. The number of halogens is 1. The highest BCUT2D eigenvalue weighted by molar-refractivity contribution is 5.94. The van der Waals surface area contributed by atoms with E-state index in [4.69, 9.17) is 0 Å². The molecule has 2 heterocycles. The summed E-state index contributed by atoms with van der Waals surface area (Å²) in [5.74, 6) is -0.267. The van der Waals surface area contributed by atoms with Gasteiger partial charge in [0.1, 0.15) is 5.82 Å². The lowest BCUT2D eigenvalue weighted by atomic mass is 9.92. The van der Waals surface area contributed by atoms with E-state index in [1.807, 2.05) is 4.90 Å². The van der Waals surface area contributed by atoms with Gasteiger partial charge in [-0.15, -0.1) is 0 Å². The maximum atomic E-state index is 13.4. The number of hydrogen-bond donors (Lipinski definition) is 1. The molecule has 0 saturated carbocycles. The van der Waals surface area contributed by atoms with E-state index >= 15 is 0 Å². The van der Waals surface area contributed by atoms with Gasteiger partial charge in [-0.05, 0) is 50.9 Å². The Kier molecular flexibility index (Phi) is 5.68. The van der Waals surface area contributed by atoms with E-state index in [9.17, 15) is 14.0 Å². The summed E-state index contributed by atoms with van der Waals surface area (Å²) in [6, 6.07) is 6.16. The van der Waals surface area contributed by atoms with Crippen LogP contribution in [0.1, 0.15) is 36.5 Å². The molecule has 5 nitrogen and oxygen atoms in total. The molecule has 0 aliphatic carbocycles. The van der Waals surface area contributed by atoms with E-state index < -0.39 is 5.82 Å². The number of carbonyl (C=O) groups excluding carboxylic acids is 2. The molecule has 6 heteroatoms. The lowest BCUT2D eigenvalue weighted by molar-refractivity contribution is -0.136. The second-order valence-electron chi connectivity index (χ2n) is 7.06. The minimum absolute atomic E-state index is 0.0849. The summed E-state index contributed by atoms with van der Waals surface area (Å²) in [7, 11) is 0. The van der Waals surface area contributed by atoms with Gasteiger partial charge in [0.25, 0.3) is 5.91 Å². The smallest absolute Gasteiger partial charge is 0.254 e. The van der Waals surface area contributed by atoms with Crippen LogP contribution in [0.2, 0.25) is 0 Å². The third kappa shape index (κ3) is 4.37. The molecule has 136 valence electrons. The molecule has 0 aromatic heterocycles. The minimum Gasteiger partial charge on any atom is -0.341 e. The SMILES string of the molecule is C[C@H]1C[C@@H](C(=O)N2CCCN(C(=O)c3cccc(F)c3)CC2)CCN1. The quantitative estimate of drug-likeness (QED) is 0.889. The highest BCUT2D eigenvalue weighted by atomic mass is 19.1. The van der Waals surface area contributed by atoms with E-state index in [0.29, 0.717) is 37.8 Å². The maximum Gasteiger partial charge on any atom is 0.254 e. The molecule has 2 amide bonds. The first-order chi connectivity index (χ1) is 12.0. The number of rotatable bonds is 2. The summed E-state index contributed by atoms with van der Waals surface area (Å²) < 4.78 is 13.4. The first kappa shape index (κ1) is 17.9. The molecular weight excluding hydrogens is 321 g/mol. The lowest BCUT2D eigenvalue weighted by Gasteiger charge is -2.31. The Labute approximate surface area is 148 Å². The first-order valence-electron chi connectivity index (χ1n) is 9.11. The summed E-state index contributed by atoms with van der Waals surface area (Å²) in [4.78, 5) is 29.0. The molecule has 0 radical (unpaired) electrons. The highest BCUT2D eigenvalue weighted by Gasteiger charge is 2.30. The van der Waals surface area contributed by atoms with Crippen molar-refractivity contribution in [1.29, 1.82) is 0 Å². The number of amides is 2. The molecule has 2 fully saturated rings. The van der Waals surface area contributed by atoms with Gasteiger partial charge in [0.2, 0.25) is 5.91 Å². The van der Waals surface area contributed by atoms with Crippen molar-refractivity contribution in [2.75, 3.05) is 32.7 Å². The normalized spacial score (nSPS) is 24.7. The molecule has 1 aromatic rings. The van der Waals surface area contributed by atoms with Crippen LogP contribution in [0.15, 0.2) is 24.3 Å². The molecule has 0 unspecified atom stereocenters. The molecular formula is C19H26FN3O2. The summed E-state index contributed by atoms with van der Waals surface area (Å²) in [6.45, 7) is 5.34. The van der Waals surface area contributed by atoms with Crippen LogP contribution in [-0.2, 0) is 4.79 Å². The zero-order valence-electron chi connectivity index (χ0n) is 14.7. The van der Waals surface area contributed by atoms with Gasteiger partial charge in [-0.1, -0.05) is 6.07 Å². The Morgan fingerprint density at radius 1 is 1.16 bits per heavy atom. The predicted molar refractivity (Wildman–Crippen MR) is 93.7 cm³/mol. The van der Waals surface area contributed by atoms with E-state index in [1.165, 1.54) is 12.1 Å². The Bertz CT molecular complexity index is 637. The molecule has 25 heavy (non-hydrogen) atoms. The number of piperidine rings is 1. The third-order valence-corrected chi connectivity index (χ3v) is 5.14. The van der Waals surface area contributed by atoms with Gasteiger partial charge < -0.3 is 15.1 Å². The topological polar surface area (TPSA) is 52.7 Å². The Morgan fingerprint density at radius 3 is 2.68 bits per heavy atom. The van der Waals surface area contributed by atoms with Crippen LogP contribution < -0.4 is 5.32 Å². The van der Waals surface area contributed by atoms with E-state index in [-0.39, 0.29) is 17.7 Å². The fourth-order valence-electron chi connectivity index (χ4n) is 3.76. The van der Waals surface area contributed by atoms with Crippen molar-refractivity contribution in [3.63, 3.8) is 0 Å². The number of hydrogen-bond acceptors (Lipinski definition) is 3. The Morgan fingerprint density at radius 2 is 1.92 bits per heavy atom. The molecule has 1 N–H and O–H groups in total. The van der Waals surface area contributed by atoms with E-state index in [0.717, 1.165) is 25.8 Å². The Hall–Kier alpha value is -1.95. The monoisotopic (exact) mass is 347 g/mol. The summed E-state index contributed by atoms with van der Waals surface area (Å²) in [6.07, 6.45) is 2.51. The lowest BCUT2D eigenvalue weighted by Crippen LogP contribution is -2.45. The molecule has 0 spiro atoms. The number of nitrogens with zero attached hydrogens (tertiary/aromatic N) is 2. The van der Waals surface area contributed by atoms with Crippen molar-refractivity contribution < 1.29 is 14.0 Å². The predicted octanol–water partition coefficient (Wildman–Crippen LogP) is 1.89. The number of benzene rings is 1. The average molecular weight is 347 g/mol. The molecule has 2 aliphatic heterocycles. The van der Waals surface area contributed by atoms with Crippen LogP contribution in [0, 0.1) is 11.7 Å². The molecule has 2 aliphatic rings. The number of carbonyl (C=O) groups is 2. The van der Waals surface area contributed by atoms with Crippen molar-refractivity contribution in [3.8, 4) is 0 Å². The highest BCUT2D eigenvalue weighted by Crippen LogP contribution is 2.20. The van der Waals surface area contributed by atoms with Crippen LogP contribution in [-0.4, -0.2) is 60.4 Å². The van der Waals surface area contributed by atoms with Crippen LogP contribution in [0.5, 0.6) is 0 Å². The van der Waals surface area contributed by atoms with Gasteiger partial charge in [-0.2, -0.15) is 0 Å². The van der Waals surface area contributed by atoms with Gasteiger partial charge in [-0.25, -0.2) is 4.39 Å².